The van der Waals surface area contributed by atoms with E-state index < -0.39 is 23.2 Å². The molecule has 0 amide bonds. The molecule has 13 heteroatoms. The molecule has 5 rings (SSSR count). The summed E-state index contributed by atoms with van der Waals surface area (Å²) in [5.74, 6) is -0.719. The number of para-hydroxylation sites is 1. The van der Waals surface area contributed by atoms with Gasteiger partial charge in [0.05, 0.1) is 35.3 Å². The Morgan fingerprint density at radius 1 is 1.15 bits per heavy atom. The molecule has 4 heterocycles. The Morgan fingerprint density at radius 3 is 2.65 bits per heavy atom. The van der Waals surface area contributed by atoms with Crippen molar-refractivity contribution >= 4 is 22.5 Å². The number of hydrogen-bond donors (Lipinski definition) is 0. The molecule has 0 aliphatic heterocycles. The van der Waals surface area contributed by atoms with Gasteiger partial charge in [0.1, 0.15) is 35.2 Å². The van der Waals surface area contributed by atoms with Crippen molar-refractivity contribution in [2.45, 2.75) is 26.3 Å². The van der Waals surface area contributed by atoms with Gasteiger partial charge in [-0.2, -0.15) is 23.5 Å². The lowest BCUT2D eigenvalue weighted by molar-refractivity contribution is -0.140. The molecule has 40 heavy (non-hydrogen) atoms. The third-order valence-electron chi connectivity index (χ3n) is 5.99. The molecule has 1 aromatic carbocycles. The summed E-state index contributed by atoms with van der Waals surface area (Å²) in [6.07, 6.45) is -1.47. The molecule has 0 aliphatic carbocycles. The van der Waals surface area contributed by atoms with E-state index in [0.717, 1.165) is 23.1 Å². The lowest BCUT2D eigenvalue weighted by Crippen LogP contribution is -2.23. The van der Waals surface area contributed by atoms with Crippen LogP contribution in [-0.4, -0.2) is 24.3 Å². The second-order valence-corrected chi connectivity index (χ2v) is 9.11. The van der Waals surface area contributed by atoms with Crippen LogP contribution in [0.3, 0.4) is 0 Å². The van der Waals surface area contributed by atoms with Gasteiger partial charge < -0.3 is 9.30 Å². The van der Waals surface area contributed by atoms with Crippen LogP contribution < -0.4 is 10.3 Å². The second-order valence-electron chi connectivity index (χ2n) is 8.71. The molecule has 0 fully saturated rings. The third kappa shape index (κ3) is 5.23. The lowest BCUT2D eigenvalue weighted by Gasteiger charge is -2.17. The van der Waals surface area contributed by atoms with Crippen LogP contribution in [0.1, 0.15) is 28.2 Å². The lowest BCUT2D eigenvalue weighted by atomic mass is 10.1. The Kier molecular flexibility index (Phi) is 6.99. The van der Waals surface area contributed by atoms with Crippen LogP contribution in [0.4, 0.5) is 17.6 Å². The van der Waals surface area contributed by atoms with E-state index in [-0.39, 0.29) is 46.1 Å². The number of rotatable bonds is 6. The van der Waals surface area contributed by atoms with Gasteiger partial charge in [-0.05, 0) is 37.3 Å². The zero-order valence-electron chi connectivity index (χ0n) is 20.6. The maximum Gasteiger partial charge on any atom is 0.433 e. The highest BCUT2D eigenvalue weighted by molar-refractivity contribution is 6.31. The predicted molar refractivity (Wildman–Crippen MR) is 137 cm³/mol. The second kappa shape index (κ2) is 10.4. The SMILES string of the molecule is Cc1cc(Cl)c(COc2cccc3c(-n4cc(F)cn4)cc(C(F)(F)F)nc23)c(Cn2cccc(C#N)c2=O)n1. The van der Waals surface area contributed by atoms with Crippen LogP contribution in [0.25, 0.3) is 16.6 Å². The first-order valence-corrected chi connectivity index (χ1v) is 12.0. The van der Waals surface area contributed by atoms with E-state index in [9.17, 15) is 27.6 Å². The quantitative estimate of drug-likeness (QED) is 0.247. The van der Waals surface area contributed by atoms with Crippen molar-refractivity contribution in [2.24, 2.45) is 0 Å². The number of benzene rings is 1. The Morgan fingerprint density at radius 2 is 1.95 bits per heavy atom. The number of alkyl halides is 3. The summed E-state index contributed by atoms with van der Waals surface area (Å²) >= 11 is 6.51. The van der Waals surface area contributed by atoms with Crippen LogP contribution >= 0.6 is 11.6 Å². The smallest absolute Gasteiger partial charge is 0.433 e. The summed E-state index contributed by atoms with van der Waals surface area (Å²) in [6, 6.07) is 11.7. The van der Waals surface area contributed by atoms with Crippen molar-refractivity contribution in [3.63, 3.8) is 0 Å². The average Bonchev–Trinajstić information content (AvgIpc) is 3.34. The molecule has 8 nitrogen and oxygen atoms in total. The summed E-state index contributed by atoms with van der Waals surface area (Å²) < 4.78 is 63.2. The predicted octanol–water partition coefficient (Wildman–Crippen LogP) is 5.60. The van der Waals surface area contributed by atoms with E-state index >= 15 is 0 Å². The molecule has 4 aromatic heterocycles. The van der Waals surface area contributed by atoms with Crippen molar-refractivity contribution < 1.29 is 22.3 Å². The van der Waals surface area contributed by atoms with Crippen LogP contribution in [0.2, 0.25) is 5.02 Å². The number of ether oxygens (including phenoxy) is 1. The number of nitriles is 1. The highest BCUT2D eigenvalue weighted by atomic mass is 35.5. The maximum atomic E-state index is 13.8. The number of fused-ring (bicyclic) bond motifs is 1. The standard InChI is InChI=1S/C27H17ClF4N6O2/c1-15-8-20(28)19(21(35-15)13-37-7-3-4-16(10-33)26(37)39)14-40-23-6-2-5-18-22(38-12-17(29)11-34-38)9-24(27(30,31)32)36-25(18)23/h2-9,11-12H,13-14H2,1H3. The molecule has 0 atom stereocenters. The van der Waals surface area contributed by atoms with E-state index in [1.165, 1.54) is 29.0 Å². The number of hydrogen-bond acceptors (Lipinski definition) is 6. The van der Waals surface area contributed by atoms with Crippen LogP contribution in [-0.2, 0) is 19.3 Å². The zero-order chi connectivity index (χ0) is 28.6. The zero-order valence-corrected chi connectivity index (χ0v) is 21.3. The molecule has 0 radical (unpaired) electrons. The topological polar surface area (TPSA) is 98.6 Å². The molecular formula is C27H17ClF4N6O2. The van der Waals surface area contributed by atoms with Crippen LogP contribution in [0, 0.1) is 24.1 Å². The minimum atomic E-state index is -4.80. The highest BCUT2D eigenvalue weighted by Gasteiger charge is 2.34. The number of aryl methyl sites for hydroxylation is 1. The fraction of sp³-hybridized carbons (Fsp3) is 0.148. The van der Waals surface area contributed by atoms with Gasteiger partial charge in [0.15, 0.2) is 5.82 Å². The van der Waals surface area contributed by atoms with Crippen LogP contribution in [0.5, 0.6) is 5.75 Å². The van der Waals surface area contributed by atoms with Crippen molar-refractivity contribution in [3.8, 4) is 17.5 Å². The van der Waals surface area contributed by atoms with E-state index in [2.05, 4.69) is 15.1 Å². The monoisotopic (exact) mass is 568 g/mol. The molecule has 0 aliphatic rings. The minimum Gasteiger partial charge on any atom is -0.486 e. The molecule has 5 aromatic rings. The summed E-state index contributed by atoms with van der Waals surface area (Å²) in [4.78, 5) is 20.9. The summed E-state index contributed by atoms with van der Waals surface area (Å²) in [7, 11) is 0. The fourth-order valence-corrected chi connectivity index (χ4v) is 4.47. The van der Waals surface area contributed by atoms with Crippen molar-refractivity contribution in [1.29, 1.82) is 5.26 Å². The first-order valence-electron chi connectivity index (χ1n) is 11.6. The van der Waals surface area contributed by atoms with Crippen molar-refractivity contribution in [2.75, 3.05) is 0 Å². The normalized spacial score (nSPS) is 11.5. The number of aromatic nitrogens is 5. The molecule has 0 saturated heterocycles. The van der Waals surface area contributed by atoms with E-state index in [0.29, 0.717) is 17.0 Å². The Labute approximate surface area is 228 Å². The number of pyridine rings is 3. The van der Waals surface area contributed by atoms with Gasteiger partial charge in [-0.25, -0.2) is 14.1 Å². The average molecular weight is 569 g/mol. The molecule has 0 spiro atoms. The van der Waals surface area contributed by atoms with Gasteiger partial charge in [-0.15, -0.1) is 0 Å². The summed E-state index contributed by atoms with van der Waals surface area (Å²) in [6.45, 7) is 1.45. The van der Waals surface area contributed by atoms with Gasteiger partial charge in [-0.1, -0.05) is 23.7 Å². The Bertz CT molecular complexity index is 1860. The highest BCUT2D eigenvalue weighted by Crippen LogP contribution is 2.36. The van der Waals surface area contributed by atoms with E-state index in [4.69, 9.17) is 16.3 Å². The molecular weight excluding hydrogens is 552 g/mol. The first-order chi connectivity index (χ1) is 19.0. The largest absolute Gasteiger partial charge is 0.486 e. The van der Waals surface area contributed by atoms with Gasteiger partial charge in [-0.3, -0.25) is 9.78 Å². The molecule has 0 N–H and O–H groups in total. The van der Waals surface area contributed by atoms with Gasteiger partial charge in [0.25, 0.3) is 5.56 Å². The number of halogens is 5. The maximum absolute atomic E-state index is 13.8. The Balaban J connectivity index is 1.57. The van der Waals surface area contributed by atoms with Crippen molar-refractivity contribution in [3.05, 3.63) is 110 Å². The summed E-state index contributed by atoms with van der Waals surface area (Å²) in [5.41, 5.74) is -0.622. The first kappa shape index (κ1) is 26.8. The number of nitrogens with zero attached hydrogens (tertiary/aromatic N) is 6. The minimum absolute atomic E-state index is 0.00344. The van der Waals surface area contributed by atoms with Gasteiger partial charge in [0.2, 0.25) is 0 Å². The Hall–Kier alpha value is -4.76. The van der Waals surface area contributed by atoms with Crippen molar-refractivity contribution in [1.82, 2.24) is 24.3 Å². The van der Waals surface area contributed by atoms with E-state index in [1.807, 2.05) is 6.07 Å². The fourth-order valence-electron chi connectivity index (χ4n) is 4.15. The van der Waals surface area contributed by atoms with Crippen LogP contribution in [0.15, 0.2) is 65.8 Å². The van der Waals surface area contributed by atoms with Gasteiger partial charge in [0, 0.05) is 22.8 Å². The van der Waals surface area contributed by atoms with Gasteiger partial charge >= 0.3 is 6.18 Å². The molecule has 0 unspecified atom stereocenters. The summed E-state index contributed by atoms with van der Waals surface area (Å²) in [5, 5.41) is 13.5. The third-order valence-corrected chi connectivity index (χ3v) is 6.32. The molecule has 202 valence electrons. The molecule has 0 bridgehead atoms. The van der Waals surface area contributed by atoms with E-state index in [1.54, 1.807) is 25.1 Å². The molecule has 0 saturated carbocycles.